The Balaban J connectivity index is 1.80. The molecular weight excluding hydrogens is 286 g/mol. The van der Waals surface area contributed by atoms with Crippen LogP contribution in [-0.4, -0.2) is 39.1 Å². The Morgan fingerprint density at radius 1 is 1.33 bits per heavy atom. The third kappa shape index (κ3) is 3.26. The molecule has 0 saturated carbocycles. The molecule has 0 spiro atoms. The predicted molar refractivity (Wildman–Crippen MR) is 85.0 cm³/mol. The van der Waals surface area contributed by atoms with Crippen molar-refractivity contribution in [3.05, 3.63) is 30.1 Å². The summed E-state index contributed by atoms with van der Waals surface area (Å²) in [6.45, 7) is 0.910. The molecular formula is C15H17N3O2S. The first-order valence-corrected chi connectivity index (χ1v) is 8.19. The van der Waals surface area contributed by atoms with Crippen LogP contribution in [0.25, 0.3) is 10.9 Å². The summed E-state index contributed by atoms with van der Waals surface area (Å²) in [5.41, 5.74) is 0.906. The van der Waals surface area contributed by atoms with E-state index >= 15 is 0 Å². The third-order valence-corrected chi connectivity index (χ3v) is 4.83. The van der Waals surface area contributed by atoms with Crippen molar-refractivity contribution in [3.8, 4) is 0 Å². The largest absolute Gasteiger partial charge is 0.478 e. The molecule has 2 heterocycles. The number of aromatic nitrogens is 2. The van der Waals surface area contributed by atoms with Crippen LogP contribution in [0, 0.1) is 5.92 Å². The average molecular weight is 303 g/mol. The van der Waals surface area contributed by atoms with E-state index in [1.54, 1.807) is 18.2 Å². The number of hydrogen-bond acceptors (Lipinski definition) is 5. The lowest BCUT2D eigenvalue weighted by Gasteiger charge is -2.22. The Bertz CT molecular complexity index is 656. The fourth-order valence-corrected chi connectivity index (χ4v) is 3.73. The van der Waals surface area contributed by atoms with Crippen molar-refractivity contribution in [3.63, 3.8) is 0 Å². The van der Waals surface area contributed by atoms with Crippen molar-refractivity contribution < 1.29 is 9.90 Å². The summed E-state index contributed by atoms with van der Waals surface area (Å²) in [4.78, 5) is 19.5. The van der Waals surface area contributed by atoms with E-state index in [0.717, 1.165) is 17.7 Å². The fraction of sp³-hybridized carbons (Fsp3) is 0.400. The summed E-state index contributed by atoms with van der Waals surface area (Å²) in [6, 6.07) is 4.95. The monoisotopic (exact) mass is 303 g/mol. The van der Waals surface area contributed by atoms with Crippen LogP contribution < -0.4 is 5.32 Å². The lowest BCUT2D eigenvalue weighted by Crippen LogP contribution is -2.19. The Kier molecular flexibility index (Phi) is 4.24. The van der Waals surface area contributed by atoms with Gasteiger partial charge in [-0.2, -0.15) is 11.8 Å². The van der Waals surface area contributed by atoms with Crippen molar-refractivity contribution in [2.45, 2.75) is 12.8 Å². The van der Waals surface area contributed by atoms with E-state index in [-0.39, 0.29) is 5.56 Å². The number of hydrogen-bond donors (Lipinski definition) is 2. The van der Waals surface area contributed by atoms with Crippen molar-refractivity contribution in [2.24, 2.45) is 5.92 Å². The second kappa shape index (κ2) is 6.30. The van der Waals surface area contributed by atoms with Gasteiger partial charge in [-0.3, -0.25) is 0 Å². The van der Waals surface area contributed by atoms with Crippen LogP contribution >= 0.6 is 11.8 Å². The molecule has 21 heavy (non-hydrogen) atoms. The summed E-state index contributed by atoms with van der Waals surface area (Å²) in [6.07, 6.45) is 3.96. The maximum Gasteiger partial charge on any atom is 0.335 e. The maximum absolute atomic E-state index is 11.0. The molecule has 1 aromatic heterocycles. The number of nitrogens with one attached hydrogen (secondary N) is 1. The van der Waals surface area contributed by atoms with Crippen LogP contribution in [0.15, 0.2) is 24.5 Å². The normalized spacial score (nSPS) is 16.0. The molecule has 110 valence electrons. The van der Waals surface area contributed by atoms with E-state index in [2.05, 4.69) is 15.3 Å². The van der Waals surface area contributed by atoms with Gasteiger partial charge in [0, 0.05) is 11.9 Å². The summed E-state index contributed by atoms with van der Waals surface area (Å²) in [5.74, 6) is 3.01. The summed E-state index contributed by atoms with van der Waals surface area (Å²) in [7, 11) is 0. The molecule has 1 saturated heterocycles. The molecule has 1 aromatic carbocycles. The Morgan fingerprint density at radius 3 is 2.90 bits per heavy atom. The summed E-state index contributed by atoms with van der Waals surface area (Å²) < 4.78 is 0. The van der Waals surface area contributed by atoms with Crippen molar-refractivity contribution in [1.29, 1.82) is 0 Å². The van der Waals surface area contributed by atoms with Gasteiger partial charge in [-0.25, -0.2) is 14.8 Å². The number of carbonyl (C=O) groups is 1. The highest BCUT2D eigenvalue weighted by molar-refractivity contribution is 7.99. The van der Waals surface area contributed by atoms with Gasteiger partial charge in [-0.05, 0) is 48.5 Å². The van der Waals surface area contributed by atoms with Crippen LogP contribution in [0.2, 0.25) is 0 Å². The standard InChI is InChI=1S/C15H17N3O2S/c19-15(20)11-1-2-12-13(7-11)17-9-18-14(12)16-8-10-3-5-21-6-4-10/h1-2,7,9-10H,3-6,8H2,(H,19,20)(H,16,17,18). The number of carboxylic acid groups (broad SMARTS) is 1. The molecule has 1 fully saturated rings. The molecule has 0 aliphatic carbocycles. The number of fused-ring (bicyclic) bond motifs is 1. The van der Waals surface area contributed by atoms with E-state index in [0.29, 0.717) is 11.4 Å². The minimum Gasteiger partial charge on any atom is -0.478 e. The zero-order chi connectivity index (χ0) is 14.7. The number of carboxylic acids is 1. The van der Waals surface area contributed by atoms with Gasteiger partial charge in [-0.15, -0.1) is 0 Å². The number of aromatic carboxylic acids is 1. The second-order valence-corrected chi connectivity index (χ2v) is 6.42. The minimum absolute atomic E-state index is 0.247. The number of anilines is 1. The van der Waals surface area contributed by atoms with E-state index in [1.165, 1.54) is 30.7 Å². The zero-order valence-electron chi connectivity index (χ0n) is 11.6. The third-order valence-electron chi connectivity index (χ3n) is 3.78. The van der Waals surface area contributed by atoms with Crippen LogP contribution in [0.3, 0.4) is 0 Å². The van der Waals surface area contributed by atoms with E-state index in [9.17, 15) is 4.79 Å². The van der Waals surface area contributed by atoms with E-state index in [1.807, 2.05) is 11.8 Å². The molecule has 5 nitrogen and oxygen atoms in total. The molecule has 1 aliphatic rings. The van der Waals surface area contributed by atoms with Gasteiger partial charge in [-0.1, -0.05) is 0 Å². The van der Waals surface area contributed by atoms with Crippen LogP contribution in [-0.2, 0) is 0 Å². The van der Waals surface area contributed by atoms with Gasteiger partial charge in [0.15, 0.2) is 0 Å². The Morgan fingerprint density at radius 2 is 2.14 bits per heavy atom. The number of nitrogens with zero attached hydrogens (tertiary/aromatic N) is 2. The highest BCUT2D eigenvalue weighted by Crippen LogP contribution is 2.25. The minimum atomic E-state index is -0.940. The van der Waals surface area contributed by atoms with Gasteiger partial charge >= 0.3 is 5.97 Å². The maximum atomic E-state index is 11.0. The van der Waals surface area contributed by atoms with Crippen LogP contribution in [0.5, 0.6) is 0 Å². The van der Waals surface area contributed by atoms with E-state index < -0.39 is 5.97 Å². The number of rotatable bonds is 4. The SMILES string of the molecule is O=C(O)c1ccc2c(NCC3CCSCC3)ncnc2c1. The molecule has 0 atom stereocenters. The lowest BCUT2D eigenvalue weighted by molar-refractivity contribution is 0.0697. The molecule has 0 radical (unpaired) electrons. The summed E-state index contributed by atoms with van der Waals surface area (Å²) in [5, 5.41) is 13.3. The molecule has 3 rings (SSSR count). The van der Waals surface area contributed by atoms with Crippen molar-refractivity contribution >= 4 is 34.5 Å². The van der Waals surface area contributed by atoms with Crippen LogP contribution in [0.1, 0.15) is 23.2 Å². The van der Waals surface area contributed by atoms with Gasteiger partial charge in [0.05, 0.1) is 11.1 Å². The average Bonchev–Trinajstić information content (AvgIpc) is 2.53. The molecule has 0 bridgehead atoms. The van der Waals surface area contributed by atoms with Gasteiger partial charge < -0.3 is 10.4 Å². The zero-order valence-corrected chi connectivity index (χ0v) is 12.4. The molecule has 6 heteroatoms. The van der Waals surface area contributed by atoms with Crippen molar-refractivity contribution in [2.75, 3.05) is 23.4 Å². The van der Waals surface area contributed by atoms with Gasteiger partial charge in [0.2, 0.25) is 0 Å². The van der Waals surface area contributed by atoms with Crippen molar-refractivity contribution in [1.82, 2.24) is 9.97 Å². The highest BCUT2D eigenvalue weighted by Gasteiger charge is 2.14. The lowest BCUT2D eigenvalue weighted by atomic mass is 10.0. The fourth-order valence-electron chi connectivity index (χ4n) is 2.52. The highest BCUT2D eigenvalue weighted by atomic mass is 32.2. The Labute approximate surface area is 127 Å². The van der Waals surface area contributed by atoms with Crippen LogP contribution in [0.4, 0.5) is 5.82 Å². The van der Waals surface area contributed by atoms with Gasteiger partial charge in [0.25, 0.3) is 0 Å². The molecule has 0 amide bonds. The smallest absolute Gasteiger partial charge is 0.335 e. The number of thioether (sulfide) groups is 1. The number of benzene rings is 1. The quantitative estimate of drug-likeness (QED) is 0.904. The first kappa shape index (κ1) is 14.1. The summed E-state index contributed by atoms with van der Waals surface area (Å²) >= 11 is 2.02. The molecule has 0 unspecified atom stereocenters. The molecule has 2 N–H and O–H groups in total. The first-order valence-electron chi connectivity index (χ1n) is 7.04. The van der Waals surface area contributed by atoms with E-state index in [4.69, 9.17) is 5.11 Å². The second-order valence-electron chi connectivity index (χ2n) is 5.20. The topological polar surface area (TPSA) is 75.1 Å². The first-order chi connectivity index (χ1) is 10.2. The Hall–Kier alpha value is -1.82. The molecule has 2 aromatic rings. The molecule has 1 aliphatic heterocycles. The predicted octanol–water partition coefficient (Wildman–Crippen LogP) is 2.88. The van der Waals surface area contributed by atoms with Gasteiger partial charge in [0.1, 0.15) is 12.1 Å².